The van der Waals surface area contributed by atoms with E-state index in [4.69, 9.17) is 23.2 Å². The molecule has 1 atom stereocenters. The number of amides is 1. The van der Waals surface area contributed by atoms with Crippen molar-refractivity contribution in [1.82, 2.24) is 19.9 Å². The van der Waals surface area contributed by atoms with Crippen LogP contribution in [0, 0.1) is 5.82 Å². The second-order valence-corrected chi connectivity index (χ2v) is 7.54. The summed E-state index contributed by atoms with van der Waals surface area (Å²) < 4.78 is 14.4. The van der Waals surface area contributed by atoms with Crippen molar-refractivity contribution in [2.45, 2.75) is 12.5 Å². The van der Waals surface area contributed by atoms with E-state index in [1.807, 2.05) is 0 Å². The lowest BCUT2D eigenvalue weighted by Crippen LogP contribution is -2.30. The van der Waals surface area contributed by atoms with Crippen molar-refractivity contribution in [3.8, 4) is 0 Å². The van der Waals surface area contributed by atoms with Crippen LogP contribution in [-0.2, 0) is 4.79 Å². The minimum atomic E-state index is -0.678. The molecule has 1 saturated heterocycles. The van der Waals surface area contributed by atoms with Gasteiger partial charge in [-0.2, -0.15) is 0 Å². The van der Waals surface area contributed by atoms with Crippen molar-refractivity contribution in [2.24, 2.45) is 0 Å². The Kier molecular flexibility index (Phi) is 5.69. The van der Waals surface area contributed by atoms with Gasteiger partial charge in [0.05, 0.1) is 21.2 Å². The van der Waals surface area contributed by atoms with E-state index in [1.54, 1.807) is 17.0 Å². The normalized spacial score (nSPS) is 16.0. The van der Waals surface area contributed by atoms with Gasteiger partial charge in [0.1, 0.15) is 17.7 Å². The number of likely N-dealkylation sites (tertiary alicyclic amines) is 1. The van der Waals surface area contributed by atoms with Crippen LogP contribution < -0.4 is 10.6 Å². The number of hydrogen-bond acceptors (Lipinski definition) is 6. The van der Waals surface area contributed by atoms with Crippen LogP contribution in [0.5, 0.6) is 0 Å². The average molecular weight is 447 g/mol. The summed E-state index contributed by atoms with van der Waals surface area (Å²) in [5, 5.41) is 6.19. The third kappa shape index (κ3) is 4.01. The van der Waals surface area contributed by atoms with Gasteiger partial charge in [-0.3, -0.25) is 4.79 Å². The van der Waals surface area contributed by atoms with Crippen LogP contribution in [0.15, 0.2) is 43.2 Å². The van der Waals surface area contributed by atoms with Crippen LogP contribution in [0.2, 0.25) is 10.0 Å². The molecular formula is C20H17Cl2FN6O. The first-order valence-electron chi connectivity index (χ1n) is 9.16. The number of aromatic nitrogens is 3. The molecule has 1 aliphatic rings. The second-order valence-electron chi connectivity index (χ2n) is 6.75. The highest BCUT2D eigenvalue weighted by Gasteiger charge is 2.25. The zero-order chi connectivity index (χ0) is 21.3. The first-order chi connectivity index (χ1) is 14.5. The monoisotopic (exact) mass is 446 g/mol. The summed E-state index contributed by atoms with van der Waals surface area (Å²) in [6.45, 7) is 4.74. The Balaban J connectivity index is 1.59. The van der Waals surface area contributed by atoms with Crippen molar-refractivity contribution >= 4 is 57.5 Å². The number of pyridine rings is 1. The molecule has 7 nitrogen and oxygen atoms in total. The minimum Gasteiger partial charge on any atom is -0.365 e. The molecule has 1 amide bonds. The van der Waals surface area contributed by atoms with Crippen LogP contribution in [0.3, 0.4) is 0 Å². The highest BCUT2D eigenvalue weighted by Crippen LogP contribution is 2.32. The molecule has 154 valence electrons. The minimum absolute atomic E-state index is 0.0624. The molecule has 4 rings (SSSR count). The molecule has 0 unspecified atom stereocenters. The van der Waals surface area contributed by atoms with Crippen molar-refractivity contribution in [3.63, 3.8) is 0 Å². The number of hydrogen-bond donors (Lipinski definition) is 2. The van der Waals surface area contributed by atoms with Crippen molar-refractivity contribution < 1.29 is 9.18 Å². The van der Waals surface area contributed by atoms with E-state index in [2.05, 4.69) is 32.2 Å². The molecule has 0 radical (unpaired) electrons. The molecule has 1 fully saturated rings. The Hall–Kier alpha value is -2.97. The van der Waals surface area contributed by atoms with Gasteiger partial charge in [-0.25, -0.2) is 19.3 Å². The molecule has 0 bridgehead atoms. The number of nitrogens with zero attached hydrogens (tertiary/aromatic N) is 4. The number of nitrogens with one attached hydrogen (secondary N) is 2. The van der Waals surface area contributed by atoms with E-state index >= 15 is 0 Å². The fourth-order valence-electron chi connectivity index (χ4n) is 3.28. The van der Waals surface area contributed by atoms with Gasteiger partial charge in [-0.1, -0.05) is 29.8 Å². The topological polar surface area (TPSA) is 83.0 Å². The number of carbonyl (C=O) groups excluding carboxylic acids is 1. The molecular weight excluding hydrogens is 430 g/mol. The molecule has 10 heteroatoms. The van der Waals surface area contributed by atoms with E-state index in [-0.39, 0.29) is 27.7 Å². The average Bonchev–Trinajstić information content (AvgIpc) is 3.22. The summed E-state index contributed by atoms with van der Waals surface area (Å²) in [7, 11) is 0. The summed E-state index contributed by atoms with van der Waals surface area (Å²) in [5.74, 6) is 0.168. The second kappa shape index (κ2) is 8.41. The maximum atomic E-state index is 14.4. The molecule has 2 aromatic heterocycles. The van der Waals surface area contributed by atoms with E-state index < -0.39 is 5.82 Å². The fourth-order valence-corrected chi connectivity index (χ4v) is 3.59. The largest absolute Gasteiger partial charge is 0.365 e. The lowest BCUT2D eigenvalue weighted by atomic mass is 10.2. The van der Waals surface area contributed by atoms with E-state index in [0.717, 1.165) is 6.42 Å². The molecule has 2 N–H and O–H groups in total. The number of anilines is 3. The van der Waals surface area contributed by atoms with Crippen LogP contribution in [-0.4, -0.2) is 44.9 Å². The molecule has 0 saturated carbocycles. The lowest BCUT2D eigenvalue weighted by Gasteiger charge is -2.16. The Morgan fingerprint density at radius 1 is 1.27 bits per heavy atom. The van der Waals surface area contributed by atoms with Crippen molar-refractivity contribution in [2.75, 3.05) is 23.7 Å². The van der Waals surface area contributed by atoms with Gasteiger partial charge in [0.15, 0.2) is 11.6 Å². The van der Waals surface area contributed by atoms with Gasteiger partial charge in [0.2, 0.25) is 5.91 Å². The van der Waals surface area contributed by atoms with Gasteiger partial charge >= 0.3 is 0 Å². The van der Waals surface area contributed by atoms with Crippen molar-refractivity contribution in [3.05, 3.63) is 59.1 Å². The van der Waals surface area contributed by atoms with Gasteiger partial charge in [-0.05, 0) is 36.8 Å². The maximum Gasteiger partial charge on any atom is 0.246 e. The van der Waals surface area contributed by atoms with Crippen LogP contribution in [0.1, 0.15) is 6.42 Å². The zero-order valence-electron chi connectivity index (χ0n) is 15.7. The Bertz CT molecular complexity index is 1140. The predicted octanol–water partition coefficient (Wildman–Crippen LogP) is 4.41. The molecule has 3 heterocycles. The van der Waals surface area contributed by atoms with Crippen LogP contribution >= 0.6 is 23.2 Å². The summed E-state index contributed by atoms with van der Waals surface area (Å²) in [6, 6.07) is 6.63. The number of rotatable bonds is 5. The zero-order valence-corrected chi connectivity index (χ0v) is 17.2. The number of carbonyl (C=O) groups is 1. The van der Waals surface area contributed by atoms with E-state index in [0.29, 0.717) is 35.8 Å². The van der Waals surface area contributed by atoms with Gasteiger partial charge in [0.25, 0.3) is 0 Å². The third-order valence-electron chi connectivity index (χ3n) is 4.80. The molecule has 0 spiro atoms. The Labute approximate surface area is 181 Å². The molecule has 0 aliphatic carbocycles. The first-order valence-corrected chi connectivity index (χ1v) is 9.92. The third-order valence-corrected chi connectivity index (χ3v) is 5.58. The quantitative estimate of drug-likeness (QED) is 0.445. The van der Waals surface area contributed by atoms with Crippen molar-refractivity contribution in [1.29, 1.82) is 0 Å². The van der Waals surface area contributed by atoms with Gasteiger partial charge in [-0.15, -0.1) is 0 Å². The first kappa shape index (κ1) is 20.3. The number of fused-ring (bicyclic) bond motifs is 1. The maximum absolute atomic E-state index is 14.4. The Morgan fingerprint density at radius 3 is 2.90 bits per heavy atom. The summed E-state index contributed by atoms with van der Waals surface area (Å²) in [5.41, 5.74) is 1.18. The highest BCUT2D eigenvalue weighted by atomic mass is 35.5. The van der Waals surface area contributed by atoms with E-state index in [9.17, 15) is 9.18 Å². The number of benzene rings is 1. The summed E-state index contributed by atoms with van der Waals surface area (Å²) in [6.07, 6.45) is 3.48. The molecule has 30 heavy (non-hydrogen) atoms. The number of halogens is 3. The Morgan fingerprint density at radius 2 is 2.10 bits per heavy atom. The SMILES string of the molecule is C=CC(=O)N1CC[C@H](Nc2ccc3ncnc(Nc4ccc(Cl)c(Cl)c4F)c3n2)C1. The standard InChI is InChI=1S/C20H17Cl2FN6O/c1-2-16(30)29-8-7-11(9-29)26-15-6-5-14-19(28-15)20(25-10-24-14)27-13-4-3-12(21)17(22)18(13)23/h2-6,10-11H,1,7-9H2,(H,26,28)(H,24,25,27)/t11-/m0/s1. The summed E-state index contributed by atoms with van der Waals surface area (Å²) in [4.78, 5) is 26.5. The van der Waals surface area contributed by atoms with Crippen LogP contribution in [0.25, 0.3) is 11.0 Å². The smallest absolute Gasteiger partial charge is 0.246 e. The molecule has 1 aliphatic heterocycles. The summed E-state index contributed by atoms with van der Waals surface area (Å²) >= 11 is 11.7. The molecule has 3 aromatic rings. The predicted molar refractivity (Wildman–Crippen MR) is 116 cm³/mol. The highest BCUT2D eigenvalue weighted by molar-refractivity contribution is 6.42. The lowest BCUT2D eigenvalue weighted by molar-refractivity contribution is -0.125. The van der Waals surface area contributed by atoms with Gasteiger partial charge in [0, 0.05) is 19.1 Å². The van der Waals surface area contributed by atoms with Crippen LogP contribution in [0.4, 0.5) is 21.7 Å². The fraction of sp³-hybridized carbons (Fsp3) is 0.200. The van der Waals surface area contributed by atoms with E-state index in [1.165, 1.54) is 24.5 Å². The van der Waals surface area contributed by atoms with Gasteiger partial charge < -0.3 is 15.5 Å². The molecule has 1 aromatic carbocycles.